The smallest absolute Gasteiger partial charge is 0.191 e. The molecule has 0 aromatic heterocycles. The fourth-order valence-corrected chi connectivity index (χ4v) is 2.81. The van der Waals surface area contributed by atoms with Gasteiger partial charge < -0.3 is 20.4 Å². The van der Waals surface area contributed by atoms with Crippen LogP contribution in [0.3, 0.4) is 0 Å². The molecule has 0 radical (unpaired) electrons. The maximum atomic E-state index is 4.31. The molecule has 1 fully saturated rings. The first-order chi connectivity index (χ1) is 11.2. The van der Waals surface area contributed by atoms with E-state index in [1.165, 1.54) is 31.7 Å². The molecule has 0 amide bonds. The van der Waals surface area contributed by atoms with Crippen LogP contribution in [0, 0.1) is 5.92 Å². The molecule has 1 atom stereocenters. The molecule has 24 heavy (non-hydrogen) atoms. The Labute approximate surface area is 163 Å². The second kappa shape index (κ2) is 11.7. The topological polar surface area (TPSA) is 42.9 Å². The molecular weight excluding hydrogens is 413 g/mol. The van der Waals surface area contributed by atoms with Crippen LogP contribution < -0.4 is 10.6 Å². The van der Waals surface area contributed by atoms with E-state index in [4.69, 9.17) is 0 Å². The minimum absolute atomic E-state index is 0. The van der Waals surface area contributed by atoms with Crippen LogP contribution in [-0.4, -0.2) is 69.1 Å². The van der Waals surface area contributed by atoms with Crippen molar-refractivity contribution in [2.24, 2.45) is 10.9 Å². The predicted octanol–water partition coefficient (Wildman–Crippen LogP) is 1.85. The monoisotopic (exact) mass is 445 g/mol. The van der Waals surface area contributed by atoms with Gasteiger partial charge >= 0.3 is 0 Å². The first-order valence-corrected chi connectivity index (χ1v) is 8.56. The summed E-state index contributed by atoms with van der Waals surface area (Å²) in [6.45, 7) is 9.92. The van der Waals surface area contributed by atoms with Crippen molar-refractivity contribution >= 4 is 29.9 Å². The van der Waals surface area contributed by atoms with Gasteiger partial charge in [0.05, 0.1) is 0 Å². The number of likely N-dealkylation sites (N-methyl/N-ethyl adjacent to an activating group) is 1. The lowest BCUT2D eigenvalue weighted by atomic mass is 10.1. The molecule has 136 valence electrons. The molecule has 1 aliphatic rings. The van der Waals surface area contributed by atoms with Crippen LogP contribution in [0.15, 0.2) is 35.3 Å². The van der Waals surface area contributed by atoms with Crippen molar-refractivity contribution in [1.82, 2.24) is 20.4 Å². The van der Waals surface area contributed by atoms with E-state index in [1.807, 2.05) is 13.1 Å². The Kier molecular flexibility index (Phi) is 10.3. The number of rotatable bonds is 6. The fourth-order valence-electron chi connectivity index (χ4n) is 2.81. The first-order valence-electron chi connectivity index (χ1n) is 8.56. The summed E-state index contributed by atoms with van der Waals surface area (Å²) in [4.78, 5) is 9.27. The Balaban J connectivity index is 0.00000288. The summed E-state index contributed by atoms with van der Waals surface area (Å²) >= 11 is 0. The van der Waals surface area contributed by atoms with Gasteiger partial charge in [0.2, 0.25) is 0 Å². The van der Waals surface area contributed by atoms with E-state index in [2.05, 4.69) is 63.7 Å². The minimum Gasteiger partial charge on any atom is -0.356 e. The van der Waals surface area contributed by atoms with Crippen molar-refractivity contribution in [3.63, 3.8) is 0 Å². The summed E-state index contributed by atoms with van der Waals surface area (Å²) in [7, 11) is 4.02. The lowest BCUT2D eigenvalue weighted by Gasteiger charge is -2.34. The highest BCUT2D eigenvalue weighted by Crippen LogP contribution is 2.04. The molecule has 0 spiro atoms. The Morgan fingerprint density at radius 3 is 2.42 bits per heavy atom. The Morgan fingerprint density at radius 2 is 1.79 bits per heavy atom. The summed E-state index contributed by atoms with van der Waals surface area (Å²) in [5.41, 5.74) is 1.26. The Hall–Kier alpha value is -0.860. The number of nitrogens with one attached hydrogen (secondary N) is 2. The van der Waals surface area contributed by atoms with E-state index < -0.39 is 0 Å². The average Bonchev–Trinajstić information content (AvgIpc) is 2.58. The summed E-state index contributed by atoms with van der Waals surface area (Å²) in [5.74, 6) is 1.48. The zero-order valence-electron chi connectivity index (χ0n) is 15.2. The molecule has 2 rings (SSSR count). The molecule has 1 aromatic carbocycles. The molecular formula is C18H32IN5. The molecule has 1 aliphatic heterocycles. The predicted molar refractivity (Wildman–Crippen MR) is 113 cm³/mol. The molecule has 0 bridgehead atoms. The van der Waals surface area contributed by atoms with E-state index in [9.17, 15) is 0 Å². The highest BCUT2D eigenvalue weighted by molar-refractivity contribution is 14.0. The molecule has 0 aliphatic carbocycles. The number of benzene rings is 1. The van der Waals surface area contributed by atoms with E-state index in [-0.39, 0.29) is 24.0 Å². The van der Waals surface area contributed by atoms with E-state index in [0.29, 0.717) is 5.92 Å². The second-order valence-corrected chi connectivity index (χ2v) is 6.50. The number of halogens is 1. The number of guanidine groups is 1. The van der Waals surface area contributed by atoms with Gasteiger partial charge in [0.1, 0.15) is 0 Å². The highest BCUT2D eigenvalue weighted by atomic mass is 127. The van der Waals surface area contributed by atoms with Gasteiger partial charge in [-0.3, -0.25) is 4.99 Å². The number of piperazine rings is 1. The van der Waals surface area contributed by atoms with Crippen LogP contribution >= 0.6 is 24.0 Å². The van der Waals surface area contributed by atoms with Crippen LogP contribution in [0.2, 0.25) is 0 Å². The average molecular weight is 445 g/mol. The van der Waals surface area contributed by atoms with Crippen LogP contribution in [-0.2, 0) is 6.54 Å². The van der Waals surface area contributed by atoms with Gasteiger partial charge in [-0.05, 0) is 18.5 Å². The number of nitrogens with zero attached hydrogens (tertiary/aromatic N) is 3. The van der Waals surface area contributed by atoms with Crippen molar-refractivity contribution in [2.75, 3.05) is 53.4 Å². The number of hydrogen-bond donors (Lipinski definition) is 2. The van der Waals surface area contributed by atoms with E-state index in [0.717, 1.165) is 25.6 Å². The molecule has 5 nitrogen and oxygen atoms in total. The van der Waals surface area contributed by atoms with Crippen LogP contribution in [0.1, 0.15) is 12.5 Å². The van der Waals surface area contributed by atoms with Crippen LogP contribution in [0.25, 0.3) is 0 Å². The van der Waals surface area contributed by atoms with Gasteiger partial charge in [-0.1, -0.05) is 37.3 Å². The summed E-state index contributed by atoms with van der Waals surface area (Å²) < 4.78 is 0. The normalized spacial score (nSPS) is 17.9. The van der Waals surface area contributed by atoms with Gasteiger partial charge in [0, 0.05) is 52.9 Å². The summed E-state index contributed by atoms with van der Waals surface area (Å²) in [5, 5.41) is 6.81. The van der Waals surface area contributed by atoms with Crippen molar-refractivity contribution in [2.45, 2.75) is 13.5 Å². The van der Waals surface area contributed by atoms with Crippen LogP contribution in [0.5, 0.6) is 0 Å². The summed E-state index contributed by atoms with van der Waals surface area (Å²) in [6, 6.07) is 10.4. The Bertz CT molecular complexity index is 472. The van der Waals surface area contributed by atoms with Gasteiger partial charge in [0.15, 0.2) is 5.96 Å². The minimum atomic E-state index is 0. The molecule has 1 unspecified atom stereocenters. The zero-order chi connectivity index (χ0) is 16.5. The molecule has 6 heteroatoms. The van der Waals surface area contributed by atoms with Gasteiger partial charge in [-0.15, -0.1) is 24.0 Å². The quantitative estimate of drug-likeness (QED) is 0.399. The molecule has 1 saturated heterocycles. The molecule has 0 saturated carbocycles. The zero-order valence-corrected chi connectivity index (χ0v) is 17.5. The van der Waals surface area contributed by atoms with Gasteiger partial charge in [0.25, 0.3) is 0 Å². The van der Waals surface area contributed by atoms with Crippen molar-refractivity contribution in [3.8, 4) is 0 Å². The third kappa shape index (κ3) is 7.81. The lowest BCUT2D eigenvalue weighted by Crippen LogP contribution is -2.47. The van der Waals surface area contributed by atoms with Crippen molar-refractivity contribution in [3.05, 3.63) is 35.9 Å². The molecule has 1 aromatic rings. The lowest BCUT2D eigenvalue weighted by molar-refractivity contribution is 0.139. The third-order valence-corrected chi connectivity index (χ3v) is 4.31. The first kappa shape index (κ1) is 21.2. The SMILES string of the molecule is CN=C(NCc1ccccc1)NCC(C)CN1CCN(C)CC1.I. The third-order valence-electron chi connectivity index (χ3n) is 4.31. The second-order valence-electron chi connectivity index (χ2n) is 6.50. The Morgan fingerprint density at radius 1 is 1.12 bits per heavy atom. The van der Waals surface area contributed by atoms with E-state index >= 15 is 0 Å². The van der Waals surface area contributed by atoms with Crippen molar-refractivity contribution in [1.29, 1.82) is 0 Å². The fraction of sp³-hybridized carbons (Fsp3) is 0.611. The maximum Gasteiger partial charge on any atom is 0.191 e. The number of aliphatic imine (C=N–C) groups is 1. The summed E-state index contributed by atoms with van der Waals surface area (Å²) in [6.07, 6.45) is 0. The standard InChI is InChI=1S/C18H31N5.HI/c1-16(15-23-11-9-22(3)10-12-23)13-20-18(19-2)21-14-17-7-5-4-6-8-17;/h4-8,16H,9-15H2,1-3H3,(H2,19,20,21);1H. The molecule has 1 heterocycles. The largest absolute Gasteiger partial charge is 0.356 e. The maximum absolute atomic E-state index is 4.31. The van der Waals surface area contributed by atoms with Crippen molar-refractivity contribution < 1.29 is 0 Å². The highest BCUT2D eigenvalue weighted by Gasteiger charge is 2.16. The van der Waals surface area contributed by atoms with Gasteiger partial charge in [-0.2, -0.15) is 0 Å². The number of hydrogen-bond acceptors (Lipinski definition) is 3. The molecule has 2 N–H and O–H groups in total. The van der Waals surface area contributed by atoms with Crippen LogP contribution in [0.4, 0.5) is 0 Å². The van der Waals surface area contributed by atoms with Gasteiger partial charge in [-0.25, -0.2) is 0 Å². The van der Waals surface area contributed by atoms with E-state index in [1.54, 1.807) is 0 Å².